The van der Waals surface area contributed by atoms with E-state index in [4.69, 9.17) is 6.57 Å². The predicted octanol–water partition coefficient (Wildman–Crippen LogP) is 6.01. The summed E-state index contributed by atoms with van der Waals surface area (Å²) >= 11 is 0. The van der Waals surface area contributed by atoms with Gasteiger partial charge in [-0.2, -0.15) is 5.10 Å². The Bertz CT molecular complexity index is 864. The van der Waals surface area contributed by atoms with Crippen molar-refractivity contribution in [3.05, 3.63) is 36.0 Å². The Morgan fingerprint density at radius 1 is 1.17 bits per heavy atom. The van der Waals surface area contributed by atoms with Crippen molar-refractivity contribution in [2.75, 3.05) is 0 Å². The van der Waals surface area contributed by atoms with E-state index in [1.54, 1.807) is 6.20 Å². The molecule has 1 aromatic rings. The summed E-state index contributed by atoms with van der Waals surface area (Å²) in [6.07, 6.45) is 14.8. The Hall–Kier alpha value is -1.60. The summed E-state index contributed by atoms with van der Waals surface area (Å²) < 4.78 is 1.90. The Kier molecular flexibility index (Phi) is 4.89. The van der Waals surface area contributed by atoms with Crippen LogP contribution in [0.25, 0.3) is 4.85 Å². The van der Waals surface area contributed by atoms with Gasteiger partial charge in [0.25, 0.3) is 0 Å². The highest BCUT2D eigenvalue weighted by atomic mass is 16.3. The molecule has 0 saturated heterocycles. The van der Waals surface area contributed by atoms with Crippen molar-refractivity contribution in [2.24, 2.45) is 40.9 Å². The average molecular weight is 408 g/mol. The lowest BCUT2D eigenvalue weighted by Gasteiger charge is -2.57. The quantitative estimate of drug-likeness (QED) is 0.492. The minimum Gasteiger partial charge on any atom is -0.390 e. The number of allylic oxidation sites excluding steroid dienone is 1. The first-order valence-corrected chi connectivity index (χ1v) is 12.1. The first-order valence-electron chi connectivity index (χ1n) is 12.1. The molecule has 4 fully saturated rings. The van der Waals surface area contributed by atoms with E-state index < -0.39 is 5.60 Å². The molecule has 0 aromatic carbocycles. The first kappa shape index (κ1) is 20.3. The lowest BCUT2D eigenvalue weighted by atomic mass is 9.49. The zero-order chi connectivity index (χ0) is 21.1. The molecule has 30 heavy (non-hydrogen) atoms. The minimum absolute atomic E-state index is 0.376. The summed E-state index contributed by atoms with van der Waals surface area (Å²) in [5.74, 6) is 4.78. The molecular formula is C26H37N3O. The molecule has 4 aliphatic carbocycles. The highest BCUT2D eigenvalue weighted by molar-refractivity contribution is 5.39. The summed E-state index contributed by atoms with van der Waals surface area (Å²) in [6.45, 7) is 17.0. The molecule has 0 amide bonds. The normalized spacial score (nSPS) is 45.1. The molecule has 8 atom stereocenters. The molecule has 0 unspecified atom stereocenters. The van der Waals surface area contributed by atoms with Crippen LogP contribution in [0, 0.1) is 47.5 Å². The molecule has 4 nitrogen and oxygen atoms in total. The lowest BCUT2D eigenvalue weighted by Crippen LogP contribution is -2.50. The van der Waals surface area contributed by atoms with E-state index in [9.17, 15) is 5.11 Å². The van der Waals surface area contributed by atoms with Crippen molar-refractivity contribution in [3.8, 4) is 0 Å². The summed E-state index contributed by atoms with van der Waals surface area (Å²) in [5, 5.41) is 15.0. The molecule has 1 heterocycles. The van der Waals surface area contributed by atoms with Crippen LogP contribution in [0.4, 0.5) is 5.69 Å². The van der Waals surface area contributed by atoms with Crippen LogP contribution in [0.5, 0.6) is 0 Å². The fourth-order valence-corrected chi connectivity index (χ4v) is 8.57. The molecular weight excluding hydrogens is 370 g/mol. The Morgan fingerprint density at radius 3 is 2.73 bits per heavy atom. The number of aromatic nitrogens is 2. The third-order valence-electron chi connectivity index (χ3n) is 9.84. The standard InChI is InChI=1S/C26H37N3O/c1-17(15-29-16-19(27-4)14-28-29)23-7-8-24-22-6-5-18-13-25(2,30)11-9-20(18)21(22)10-12-26(23,24)3/h14,16,18,20-24,30H,1,5-13,15H2,2-3H3/t18-,20+,21-,22-,23-,24+,25-,26-/m1/s1. The van der Waals surface area contributed by atoms with Crippen molar-refractivity contribution < 1.29 is 5.11 Å². The van der Waals surface area contributed by atoms with Crippen LogP contribution < -0.4 is 0 Å². The van der Waals surface area contributed by atoms with E-state index in [1.807, 2.05) is 10.9 Å². The molecule has 4 saturated carbocycles. The van der Waals surface area contributed by atoms with Crippen LogP contribution in [0.2, 0.25) is 0 Å². The van der Waals surface area contributed by atoms with Crippen molar-refractivity contribution in [1.82, 2.24) is 9.78 Å². The third-order valence-corrected chi connectivity index (χ3v) is 9.84. The van der Waals surface area contributed by atoms with Gasteiger partial charge >= 0.3 is 0 Å². The van der Waals surface area contributed by atoms with Crippen LogP contribution in [-0.4, -0.2) is 20.5 Å². The van der Waals surface area contributed by atoms with Crippen LogP contribution in [0.1, 0.15) is 71.6 Å². The second-order valence-corrected chi connectivity index (χ2v) is 11.5. The van der Waals surface area contributed by atoms with Crippen molar-refractivity contribution in [3.63, 3.8) is 0 Å². The fraction of sp³-hybridized carbons (Fsp3) is 0.769. The van der Waals surface area contributed by atoms with E-state index in [-0.39, 0.29) is 0 Å². The van der Waals surface area contributed by atoms with E-state index in [0.29, 0.717) is 17.0 Å². The van der Waals surface area contributed by atoms with Gasteiger partial charge in [-0.3, -0.25) is 4.68 Å². The number of aliphatic hydroxyl groups is 1. The topological polar surface area (TPSA) is 42.4 Å². The monoisotopic (exact) mass is 407 g/mol. The summed E-state index contributed by atoms with van der Waals surface area (Å²) in [7, 11) is 0. The number of fused-ring (bicyclic) bond motifs is 5. The maximum absolute atomic E-state index is 10.6. The van der Waals surface area contributed by atoms with Crippen molar-refractivity contribution >= 4 is 5.69 Å². The summed E-state index contributed by atoms with van der Waals surface area (Å²) in [4.78, 5) is 3.48. The summed E-state index contributed by atoms with van der Waals surface area (Å²) in [6, 6.07) is 0. The molecule has 0 spiro atoms. The molecule has 0 radical (unpaired) electrons. The number of rotatable bonds is 3. The average Bonchev–Trinajstić information content (AvgIpc) is 3.30. The third kappa shape index (κ3) is 3.25. The highest BCUT2D eigenvalue weighted by Crippen LogP contribution is 2.65. The summed E-state index contributed by atoms with van der Waals surface area (Å²) in [5.41, 5.74) is 1.87. The maximum Gasteiger partial charge on any atom is 0.224 e. The zero-order valence-corrected chi connectivity index (χ0v) is 18.7. The molecule has 0 bridgehead atoms. The van der Waals surface area contributed by atoms with Crippen LogP contribution >= 0.6 is 0 Å². The lowest BCUT2D eigenvalue weighted by molar-refractivity contribution is -0.0979. The van der Waals surface area contributed by atoms with Crippen LogP contribution in [0.3, 0.4) is 0 Å². The molecule has 4 heteroatoms. The molecule has 0 aliphatic heterocycles. The van der Waals surface area contributed by atoms with Gasteiger partial charge in [-0.25, -0.2) is 4.85 Å². The molecule has 162 valence electrons. The van der Waals surface area contributed by atoms with Gasteiger partial charge < -0.3 is 5.11 Å². The van der Waals surface area contributed by atoms with E-state index >= 15 is 0 Å². The largest absolute Gasteiger partial charge is 0.390 e. The molecule has 5 rings (SSSR count). The zero-order valence-electron chi connectivity index (χ0n) is 18.7. The second kappa shape index (κ2) is 7.23. The smallest absolute Gasteiger partial charge is 0.224 e. The van der Waals surface area contributed by atoms with Gasteiger partial charge in [0.2, 0.25) is 5.69 Å². The van der Waals surface area contributed by atoms with Gasteiger partial charge in [-0.05, 0) is 106 Å². The predicted molar refractivity (Wildman–Crippen MR) is 119 cm³/mol. The molecule has 4 aliphatic rings. The van der Waals surface area contributed by atoms with Crippen molar-refractivity contribution in [1.29, 1.82) is 0 Å². The van der Waals surface area contributed by atoms with Crippen molar-refractivity contribution in [2.45, 2.75) is 83.8 Å². The fourth-order valence-electron chi connectivity index (χ4n) is 8.57. The SMILES string of the molecule is [C-]#[N+]c1cnn(CC(=C)[C@H]2CC[C@H]3[C@@H]4CC[C@@H]5C[C@](C)(O)CC[C@@H]5[C@H]4CC[C@]23C)c1. The van der Waals surface area contributed by atoms with E-state index in [1.165, 1.54) is 50.5 Å². The van der Waals surface area contributed by atoms with Gasteiger partial charge in [-0.15, -0.1) is 0 Å². The number of hydrogen-bond donors (Lipinski definition) is 1. The van der Waals surface area contributed by atoms with Gasteiger partial charge in [0.15, 0.2) is 0 Å². The maximum atomic E-state index is 10.6. The van der Waals surface area contributed by atoms with E-state index in [2.05, 4.69) is 30.4 Å². The molecule has 1 N–H and O–H groups in total. The van der Waals surface area contributed by atoms with E-state index in [0.717, 1.165) is 49.0 Å². The van der Waals surface area contributed by atoms with Crippen LogP contribution in [0.15, 0.2) is 24.5 Å². The number of hydrogen-bond acceptors (Lipinski definition) is 2. The minimum atomic E-state index is -0.424. The van der Waals surface area contributed by atoms with Gasteiger partial charge in [0, 0.05) is 6.20 Å². The Balaban J connectivity index is 1.30. The Labute approximate surface area is 181 Å². The second-order valence-electron chi connectivity index (χ2n) is 11.5. The molecule has 1 aromatic heterocycles. The first-order chi connectivity index (χ1) is 14.3. The van der Waals surface area contributed by atoms with Gasteiger partial charge in [-0.1, -0.05) is 19.1 Å². The van der Waals surface area contributed by atoms with Crippen LogP contribution in [-0.2, 0) is 6.54 Å². The Morgan fingerprint density at radius 2 is 1.97 bits per heavy atom. The number of nitrogens with zero attached hydrogens (tertiary/aromatic N) is 3. The van der Waals surface area contributed by atoms with Gasteiger partial charge in [0.1, 0.15) is 0 Å². The van der Waals surface area contributed by atoms with Gasteiger partial charge in [0.05, 0.1) is 24.9 Å². The highest BCUT2D eigenvalue weighted by Gasteiger charge is 2.57.